The van der Waals surface area contributed by atoms with Gasteiger partial charge < -0.3 is 10.6 Å². The maximum atomic E-state index is 13.1. The van der Waals surface area contributed by atoms with Crippen LogP contribution in [0.3, 0.4) is 0 Å². The van der Waals surface area contributed by atoms with Crippen LogP contribution in [-0.4, -0.2) is 27.3 Å². The number of anilines is 1. The predicted molar refractivity (Wildman–Crippen MR) is 114 cm³/mol. The fourth-order valence-electron chi connectivity index (χ4n) is 2.93. The number of nitrogens with zero attached hydrogens (tertiary/aromatic N) is 2. The SMILES string of the molecule is CC(C)(C)c1cc(C(=O)NC2(C(=O)Nc3ccccn3)CC2)cc(C(C)(C)C)n1. The molecule has 2 heterocycles. The zero-order valence-corrected chi connectivity index (χ0v) is 18.1. The van der Waals surface area contributed by atoms with Crippen molar-refractivity contribution in [1.82, 2.24) is 15.3 Å². The molecule has 2 amide bonds. The van der Waals surface area contributed by atoms with Gasteiger partial charge in [0.15, 0.2) is 0 Å². The Bertz CT molecular complexity index is 888. The van der Waals surface area contributed by atoms with Gasteiger partial charge in [-0.1, -0.05) is 47.6 Å². The van der Waals surface area contributed by atoms with Gasteiger partial charge in [-0.15, -0.1) is 0 Å². The summed E-state index contributed by atoms with van der Waals surface area (Å²) in [6.07, 6.45) is 2.84. The monoisotopic (exact) mass is 394 g/mol. The Balaban J connectivity index is 1.84. The first-order chi connectivity index (χ1) is 13.4. The molecular weight excluding hydrogens is 364 g/mol. The van der Waals surface area contributed by atoms with Gasteiger partial charge in [0.05, 0.1) is 0 Å². The molecule has 1 aliphatic carbocycles. The summed E-state index contributed by atoms with van der Waals surface area (Å²) in [5, 5.41) is 5.75. The van der Waals surface area contributed by atoms with Crippen molar-refractivity contribution in [3.8, 4) is 0 Å². The van der Waals surface area contributed by atoms with Gasteiger partial charge in [0, 0.05) is 34.0 Å². The summed E-state index contributed by atoms with van der Waals surface area (Å²) in [5.41, 5.74) is 0.998. The van der Waals surface area contributed by atoms with Gasteiger partial charge in [-0.3, -0.25) is 14.6 Å². The second kappa shape index (κ2) is 7.25. The molecule has 154 valence electrons. The van der Waals surface area contributed by atoms with Gasteiger partial charge in [-0.25, -0.2) is 4.98 Å². The number of pyridine rings is 2. The van der Waals surface area contributed by atoms with Crippen molar-refractivity contribution in [2.45, 2.75) is 70.8 Å². The number of hydrogen-bond acceptors (Lipinski definition) is 4. The predicted octanol–water partition coefficient (Wildman–Crippen LogP) is 3.97. The number of carbonyl (C=O) groups excluding carboxylic acids is 2. The molecule has 1 saturated carbocycles. The summed E-state index contributed by atoms with van der Waals surface area (Å²) in [7, 11) is 0. The molecular formula is C23H30N4O2. The molecule has 3 rings (SSSR count). The van der Waals surface area contributed by atoms with E-state index in [2.05, 4.69) is 57.2 Å². The standard InChI is InChI=1S/C23H30N4O2/c1-21(2,3)16-13-15(14-17(25-16)22(4,5)6)19(28)27-23(10-11-23)20(29)26-18-9-7-8-12-24-18/h7-9,12-14H,10-11H2,1-6H3,(H,27,28)(H,24,26,29). The second-order valence-corrected chi connectivity index (χ2v) is 9.83. The summed E-state index contributed by atoms with van der Waals surface area (Å²) in [5.74, 6) is -0.00487. The molecule has 1 aliphatic rings. The highest BCUT2D eigenvalue weighted by molar-refractivity contribution is 6.05. The first-order valence-electron chi connectivity index (χ1n) is 9.99. The van der Waals surface area contributed by atoms with Gasteiger partial charge in [0.2, 0.25) is 0 Å². The van der Waals surface area contributed by atoms with E-state index in [1.807, 2.05) is 12.1 Å². The second-order valence-electron chi connectivity index (χ2n) is 9.83. The van der Waals surface area contributed by atoms with Gasteiger partial charge in [-0.05, 0) is 37.1 Å². The van der Waals surface area contributed by atoms with Crippen LogP contribution >= 0.6 is 0 Å². The number of rotatable bonds is 4. The van der Waals surface area contributed by atoms with E-state index in [1.54, 1.807) is 24.4 Å². The molecule has 0 spiro atoms. The topological polar surface area (TPSA) is 84.0 Å². The zero-order chi connectivity index (χ0) is 21.4. The first kappa shape index (κ1) is 21.0. The van der Waals surface area contributed by atoms with E-state index in [1.165, 1.54) is 0 Å². The highest BCUT2D eigenvalue weighted by Crippen LogP contribution is 2.37. The lowest BCUT2D eigenvalue weighted by atomic mass is 9.86. The maximum Gasteiger partial charge on any atom is 0.252 e. The van der Waals surface area contributed by atoms with Crippen LogP contribution in [0.15, 0.2) is 36.5 Å². The Morgan fingerprint density at radius 1 is 0.966 bits per heavy atom. The fourth-order valence-corrected chi connectivity index (χ4v) is 2.93. The van der Waals surface area contributed by atoms with Crippen molar-refractivity contribution >= 4 is 17.6 Å². The zero-order valence-electron chi connectivity index (χ0n) is 18.1. The van der Waals surface area contributed by atoms with Crippen LogP contribution in [0, 0.1) is 0 Å². The van der Waals surface area contributed by atoms with Crippen molar-refractivity contribution in [1.29, 1.82) is 0 Å². The molecule has 2 aromatic rings. The van der Waals surface area contributed by atoms with Gasteiger partial charge >= 0.3 is 0 Å². The molecule has 1 fully saturated rings. The molecule has 0 saturated heterocycles. The lowest BCUT2D eigenvalue weighted by Crippen LogP contribution is -2.46. The Morgan fingerprint density at radius 3 is 2.00 bits per heavy atom. The summed E-state index contributed by atoms with van der Waals surface area (Å²) in [6, 6.07) is 8.98. The van der Waals surface area contributed by atoms with Crippen molar-refractivity contribution in [3.05, 3.63) is 53.5 Å². The van der Waals surface area contributed by atoms with E-state index in [-0.39, 0.29) is 22.6 Å². The lowest BCUT2D eigenvalue weighted by molar-refractivity contribution is -0.118. The van der Waals surface area contributed by atoms with Gasteiger partial charge in [0.25, 0.3) is 11.8 Å². The smallest absolute Gasteiger partial charge is 0.252 e. The molecule has 0 bridgehead atoms. The van der Waals surface area contributed by atoms with Gasteiger partial charge in [-0.2, -0.15) is 0 Å². The van der Waals surface area contributed by atoms with Crippen LogP contribution in [0.5, 0.6) is 0 Å². The Morgan fingerprint density at radius 2 is 1.55 bits per heavy atom. The van der Waals surface area contributed by atoms with Crippen LogP contribution in [0.2, 0.25) is 0 Å². The summed E-state index contributed by atoms with van der Waals surface area (Å²) < 4.78 is 0. The molecule has 6 heteroatoms. The van der Waals surface area contributed by atoms with Crippen molar-refractivity contribution < 1.29 is 9.59 Å². The molecule has 29 heavy (non-hydrogen) atoms. The number of carbonyl (C=O) groups is 2. The fraction of sp³-hybridized carbons (Fsp3) is 0.478. The van der Waals surface area contributed by atoms with E-state index >= 15 is 0 Å². The average molecular weight is 395 g/mol. The van der Waals surface area contributed by atoms with E-state index in [4.69, 9.17) is 4.98 Å². The molecule has 0 aromatic carbocycles. The van der Waals surface area contributed by atoms with E-state index in [0.29, 0.717) is 24.2 Å². The van der Waals surface area contributed by atoms with E-state index < -0.39 is 5.54 Å². The Hall–Kier alpha value is -2.76. The quantitative estimate of drug-likeness (QED) is 0.822. The van der Waals surface area contributed by atoms with Crippen molar-refractivity contribution in [2.24, 2.45) is 0 Å². The number of nitrogens with one attached hydrogen (secondary N) is 2. The molecule has 0 unspecified atom stereocenters. The van der Waals surface area contributed by atoms with E-state index in [0.717, 1.165) is 11.4 Å². The van der Waals surface area contributed by atoms with Gasteiger partial charge in [0.1, 0.15) is 11.4 Å². The largest absolute Gasteiger partial charge is 0.338 e. The minimum absolute atomic E-state index is 0.191. The average Bonchev–Trinajstić information content (AvgIpc) is 3.41. The Labute approximate surface area is 172 Å². The Kier molecular flexibility index (Phi) is 5.24. The normalized spacial score (nSPS) is 15.5. The summed E-state index contributed by atoms with van der Waals surface area (Å²) in [4.78, 5) is 34.7. The first-order valence-corrected chi connectivity index (χ1v) is 9.99. The molecule has 2 aromatic heterocycles. The third-order valence-corrected chi connectivity index (χ3v) is 5.07. The molecule has 6 nitrogen and oxygen atoms in total. The van der Waals surface area contributed by atoms with Crippen LogP contribution in [0.1, 0.15) is 76.1 Å². The molecule has 2 N–H and O–H groups in total. The van der Waals surface area contributed by atoms with Crippen LogP contribution in [-0.2, 0) is 15.6 Å². The van der Waals surface area contributed by atoms with E-state index in [9.17, 15) is 9.59 Å². The van der Waals surface area contributed by atoms with Crippen LogP contribution in [0.25, 0.3) is 0 Å². The third kappa shape index (κ3) is 4.81. The number of amides is 2. The molecule has 0 aliphatic heterocycles. The van der Waals surface area contributed by atoms with Crippen molar-refractivity contribution in [3.63, 3.8) is 0 Å². The highest BCUT2D eigenvalue weighted by Gasteiger charge is 2.51. The minimum atomic E-state index is -0.873. The summed E-state index contributed by atoms with van der Waals surface area (Å²) >= 11 is 0. The lowest BCUT2D eigenvalue weighted by Gasteiger charge is -2.25. The van der Waals surface area contributed by atoms with Crippen LogP contribution in [0.4, 0.5) is 5.82 Å². The molecule has 0 radical (unpaired) electrons. The highest BCUT2D eigenvalue weighted by atomic mass is 16.2. The summed E-state index contributed by atoms with van der Waals surface area (Å²) in [6.45, 7) is 12.5. The minimum Gasteiger partial charge on any atom is -0.338 e. The van der Waals surface area contributed by atoms with Crippen molar-refractivity contribution in [2.75, 3.05) is 5.32 Å². The van der Waals surface area contributed by atoms with Crippen LogP contribution < -0.4 is 10.6 Å². The number of hydrogen-bond donors (Lipinski definition) is 2. The molecule has 0 atom stereocenters. The third-order valence-electron chi connectivity index (χ3n) is 5.07. The maximum absolute atomic E-state index is 13.1. The number of aromatic nitrogens is 2.